The highest BCUT2D eigenvalue weighted by molar-refractivity contribution is 5.89. The molecule has 0 unspecified atom stereocenters. The molecule has 0 fully saturated rings. The van der Waals surface area contributed by atoms with Gasteiger partial charge in [0.2, 0.25) is 5.91 Å². The van der Waals surface area contributed by atoms with Gasteiger partial charge >= 0.3 is 6.18 Å². The number of alkyl halides is 3. The number of carbonyl (C=O) groups excluding carboxylic acids is 2. The van der Waals surface area contributed by atoms with Gasteiger partial charge in [0.05, 0.1) is 5.56 Å². The van der Waals surface area contributed by atoms with Crippen LogP contribution in [0.25, 0.3) is 0 Å². The van der Waals surface area contributed by atoms with Crippen LogP contribution in [0.1, 0.15) is 22.8 Å². The number of aliphatic hydroxyl groups excluding tert-OH is 1. The lowest BCUT2D eigenvalue weighted by Crippen LogP contribution is -2.47. The number of nitrogens with one attached hydrogen (secondary N) is 1. The number of rotatable bonds is 6. The van der Waals surface area contributed by atoms with Gasteiger partial charge in [-0.05, 0) is 23.3 Å². The van der Waals surface area contributed by atoms with E-state index in [9.17, 15) is 27.9 Å². The Morgan fingerprint density at radius 2 is 1.62 bits per heavy atom. The molecule has 0 aromatic heterocycles. The summed E-state index contributed by atoms with van der Waals surface area (Å²) in [6.45, 7) is 0. The molecule has 0 saturated heterocycles. The number of primary amides is 1. The normalized spacial score (nSPS) is 13.7. The Balaban J connectivity index is 2.07. The van der Waals surface area contributed by atoms with Gasteiger partial charge in [-0.2, -0.15) is 13.2 Å². The van der Waals surface area contributed by atoms with Crippen molar-refractivity contribution in [2.75, 3.05) is 0 Å². The predicted octanol–water partition coefficient (Wildman–Crippen LogP) is 1.95. The Hall–Kier alpha value is -2.87. The number of benzene rings is 2. The Morgan fingerprint density at radius 3 is 2.12 bits per heavy atom. The van der Waals surface area contributed by atoms with E-state index < -0.39 is 35.7 Å². The molecule has 26 heavy (non-hydrogen) atoms. The van der Waals surface area contributed by atoms with Crippen molar-refractivity contribution in [1.29, 1.82) is 0 Å². The van der Waals surface area contributed by atoms with Crippen LogP contribution >= 0.6 is 0 Å². The first kappa shape index (κ1) is 19.5. The maximum absolute atomic E-state index is 12.6. The summed E-state index contributed by atoms with van der Waals surface area (Å²) in [6.07, 6.45) is -6.05. The third-order valence-electron chi connectivity index (χ3n) is 3.74. The van der Waals surface area contributed by atoms with Crippen molar-refractivity contribution in [3.8, 4) is 0 Å². The molecule has 0 aliphatic heterocycles. The van der Waals surface area contributed by atoms with Gasteiger partial charge in [-0.15, -0.1) is 0 Å². The Labute approximate surface area is 147 Å². The number of amides is 2. The zero-order chi connectivity index (χ0) is 19.3. The minimum absolute atomic E-state index is 0.0965. The molecular weight excluding hydrogens is 349 g/mol. The van der Waals surface area contributed by atoms with Crippen molar-refractivity contribution < 1.29 is 27.9 Å². The fraction of sp³-hybridized carbons (Fsp3) is 0.222. The lowest BCUT2D eigenvalue weighted by molar-refractivity contribution is -0.137. The van der Waals surface area contributed by atoms with Gasteiger partial charge in [0.25, 0.3) is 5.91 Å². The summed E-state index contributed by atoms with van der Waals surface area (Å²) in [7, 11) is 0. The van der Waals surface area contributed by atoms with Gasteiger partial charge in [-0.1, -0.05) is 42.5 Å². The van der Waals surface area contributed by atoms with Gasteiger partial charge in [0, 0.05) is 6.42 Å². The molecule has 2 atom stereocenters. The highest BCUT2D eigenvalue weighted by Gasteiger charge is 2.30. The van der Waals surface area contributed by atoms with E-state index in [1.54, 1.807) is 30.3 Å². The maximum Gasteiger partial charge on any atom is 0.416 e. The summed E-state index contributed by atoms with van der Waals surface area (Å²) in [4.78, 5) is 23.7. The molecule has 4 N–H and O–H groups in total. The summed E-state index contributed by atoms with van der Waals surface area (Å²) in [5.41, 5.74) is 5.16. The molecule has 0 spiro atoms. The fourth-order valence-corrected chi connectivity index (χ4v) is 2.33. The highest BCUT2D eigenvalue weighted by Crippen LogP contribution is 2.29. The molecular formula is C18H17F3N2O3. The van der Waals surface area contributed by atoms with E-state index in [1.807, 2.05) is 0 Å². The van der Waals surface area contributed by atoms with Crippen molar-refractivity contribution in [2.45, 2.75) is 24.7 Å². The Morgan fingerprint density at radius 1 is 1.04 bits per heavy atom. The van der Waals surface area contributed by atoms with Gasteiger partial charge in [-0.3, -0.25) is 9.59 Å². The van der Waals surface area contributed by atoms with Crippen LogP contribution in [0.4, 0.5) is 13.2 Å². The van der Waals surface area contributed by atoms with E-state index in [1.165, 1.54) is 12.1 Å². The molecule has 8 heteroatoms. The number of hydrogen-bond donors (Lipinski definition) is 3. The van der Waals surface area contributed by atoms with Crippen LogP contribution in [0.5, 0.6) is 0 Å². The second-order valence-electron chi connectivity index (χ2n) is 5.68. The Bertz CT molecular complexity index is 762. The first-order valence-corrected chi connectivity index (χ1v) is 7.67. The van der Waals surface area contributed by atoms with Gasteiger partial charge in [0.15, 0.2) is 6.10 Å². The summed E-state index contributed by atoms with van der Waals surface area (Å²) in [5.74, 6) is -1.69. The number of carbonyl (C=O) groups is 2. The van der Waals surface area contributed by atoms with Crippen LogP contribution in [-0.4, -0.2) is 23.0 Å². The third-order valence-corrected chi connectivity index (χ3v) is 3.74. The average molecular weight is 366 g/mol. The number of nitrogens with two attached hydrogens (primary N) is 1. The molecule has 0 heterocycles. The molecule has 0 bridgehead atoms. The second kappa shape index (κ2) is 8.01. The van der Waals surface area contributed by atoms with Gasteiger partial charge < -0.3 is 16.2 Å². The zero-order valence-electron chi connectivity index (χ0n) is 13.5. The van der Waals surface area contributed by atoms with Crippen molar-refractivity contribution in [3.63, 3.8) is 0 Å². The highest BCUT2D eigenvalue weighted by atomic mass is 19.4. The first-order valence-electron chi connectivity index (χ1n) is 7.67. The average Bonchev–Trinajstić information content (AvgIpc) is 2.60. The summed E-state index contributed by atoms with van der Waals surface area (Å²) in [6, 6.07) is 11.1. The first-order chi connectivity index (χ1) is 12.2. The number of halogens is 3. The zero-order valence-corrected chi connectivity index (χ0v) is 13.5. The van der Waals surface area contributed by atoms with Gasteiger partial charge in [0.1, 0.15) is 6.04 Å². The molecule has 0 saturated carbocycles. The summed E-state index contributed by atoms with van der Waals surface area (Å²) >= 11 is 0. The molecule has 138 valence electrons. The minimum atomic E-state index is -4.46. The van der Waals surface area contributed by atoms with Gasteiger partial charge in [-0.25, -0.2) is 0 Å². The predicted molar refractivity (Wildman–Crippen MR) is 87.7 cm³/mol. The van der Waals surface area contributed by atoms with E-state index in [0.717, 1.165) is 12.1 Å². The van der Waals surface area contributed by atoms with E-state index in [2.05, 4.69) is 5.32 Å². The van der Waals surface area contributed by atoms with Crippen LogP contribution in [0.15, 0.2) is 54.6 Å². The second-order valence-corrected chi connectivity index (χ2v) is 5.68. The Kier molecular flexibility index (Phi) is 5.99. The monoisotopic (exact) mass is 366 g/mol. The van der Waals surface area contributed by atoms with Crippen LogP contribution in [0.3, 0.4) is 0 Å². The smallest absolute Gasteiger partial charge is 0.378 e. The quantitative estimate of drug-likeness (QED) is 0.730. The molecule has 2 aromatic carbocycles. The van der Waals surface area contributed by atoms with Crippen LogP contribution in [0, 0.1) is 0 Å². The van der Waals surface area contributed by atoms with Crippen LogP contribution in [0.2, 0.25) is 0 Å². The molecule has 0 aliphatic carbocycles. The van der Waals surface area contributed by atoms with E-state index in [0.29, 0.717) is 11.1 Å². The molecule has 2 amide bonds. The molecule has 2 rings (SSSR count). The van der Waals surface area contributed by atoms with E-state index in [-0.39, 0.29) is 6.42 Å². The van der Waals surface area contributed by atoms with Crippen molar-refractivity contribution >= 4 is 11.8 Å². The lowest BCUT2D eigenvalue weighted by Gasteiger charge is -2.18. The largest absolute Gasteiger partial charge is 0.416 e. The van der Waals surface area contributed by atoms with Crippen LogP contribution < -0.4 is 11.1 Å². The van der Waals surface area contributed by atoms with Crippen LogP contribution in [-0.2, 0) is 22.2 Å². The van der Waals surface area contributed by atoms with Crippen molar-refractivity contribution in [2.24, 2.45) is 5.73 Å². The maximum atomic E-state index is 12.6. The van der Waals surface area contributed by atoms with E-state index in [4.69, 9.17) is 5.73 Å². The molecule has 0 aliphatic rings. The molecule has 5 nitrogen and oxygen atoms in total. The minimum Gasteiger partial charge on any atom is -0.378 e. The molecule has 2 aromatic rings. The van der Waals surface area contributed by atoms with E-state index >= 15 is 0 Å². The summed E-state index contributed by atoms with van der Waals surface area (Å²) in [5, 5.41) is 12.3. The fourth-order valence-electron chi connectivity index (χ4n) is 2.33. The third kappa shape index (κ3) is 5.06. The standard InChI is InChI=1S/C18H17F3N2O3/c19-18(20,21)13-8-6-11(7-9-13)10-14(16(22)25)23-17(26)15(24)12-4-2-1-3-5-12/h1-9,14-15,24H,10H2,(H2,22,25)(H,23,26)/t14-,15+/m1/s1. The number of hydrogen-bond acceptors (Lipinski definition) is 3. The molecule has 0 radical (unpaired) electrons. The van der Waals surface area contributed by atoms with Crippen molar-refractivity contribution in [1.82, 2.24) is 5.32 Å². The SMILES string of the molecule is NC(=O)[C@@H](Cc1ccc(C(F)(F)F)cc1)NC(=O)[C@@H](O)c1ccccc1. The number of aliphatic hydroxyl groups is 1. The lowest BCUT2D eigenvalue weighted by atomic mass is 10.0. The van der Waals surface area contributed by atoms with Crippen molar-refractivity contribution in [3.05, 3.63) is 71.3 Å². The topological polar surface area (TPSA) is 92.4 Å². The summed E-state index contributed by atoms with van der Waals surface area (Å²) < 4.78 is 37.7.